The molecule has 0 aliphatic carbocycles. The Morgan fingerprint density at radius 2 is 2.46 bits per heavy atom. The number of nitrogens with zero attached hydrogens (tertiary/aromatic N) is 2. The maximum Gasteiger partial charge on any atom is 0.153 e. The van der Waals surface area contributed by atoms with E-state index < -0.39 is 0 Å². The fourth-order valence-corrected chi connectivity index (χ4v) is 0.967. The normalized spacial score (nSPS) is 10.2. The number of ether oxygens (including phenoxy) is 1. The molecule has 0 amide bonds. The largest absolute Gasteiger partial charge is 0.380 e. The predicted molar refractivity (Wildman–Crippen MR) is 48.7 cm³/mol. The van der Waals surface area contributed by atoms with Gasteiger partial charge in [0.2, 0.25) is 0 Å². The topological polar surface area (TPSA) is 44.1 Å². The first-order valence-corrected chi connectivity index (χ1v) is 4.42. The lowest BCUT2D eigenvalue weighted by atomic mass is 10.4. The summed E-state index contributed by atoms with van der Waals surface area (Å²) in [6.45, 7) is 4.20. The Labute approximate surface area is 77.5 Å². The van der Waals surface area contributed by atoms with E-state index in [2.05, 4.69) is 12.0 Å². The zero-order valence-electron chi connectivity index (χ0n) is 7.77. The van der Waals surface area contributed by atoms with Crippen molar-refractivity contribution in [1.82, 2.24) is 9.78 Å². The molecule has 1 rings (SSSR count). The number of aldehydes is 1. The van der Waals surface area contributed by atoms with Crippen molar-refractivity contribution in [1.29, 1.82) is 0 Å². The quantitative estimate of drug-likeness (QED) is 0.489. The Hall–Kier alpha value is -1.16. The second-order valence-corrected chi connectivity index (χ2v) is 2.77. The molecule has 0 aliphatic heterocycles. The molecule has 0 bridgehead atoms. The summed E-state index contributed by atoms with van der Waals surface area (Å²) in [5.74, 6) is 0. The van der Waals surface area contributed by atoms with E-state index in [1.807, 2.05) is 0 Å². The number of hydrogen-bond donors (Lipinski definition) is 0. The van der Waals surface area contributed by atoms with E-state index in [4.69, 9.17) is 4.74 Å². The second-order valence-electron chi connectivity index (χ2n) is 2.77. The molecular formula is C9H14N2O2. The maximum absolute atomic E-state index is 10.3. The molecule has 72 valence electrons. The van der Waals surface area contributed by atoms with E-state index in [-0.39, 0.29) is 0 Å². The van der Waals surface area contributed by atoms with Crippen molar-refractivity contribution in [2.45, 2.75) is 19.9 Å². The summed E-state index contributed by atoms with van der Waals surface area (Å²) in [6, 6.07) is 0. The number of hydrogen-bond acceptors (Lipinski definition) is 3. The molecule has 0 saturated carbocycles. The second kappa shape index (κ2) is 5.48. The van der Waals surface area contributed by atoms with Crippen LogP contribution in [0.15, 0.2) is 12.4 Å². The van der Waals surface area contributed by atoms with Crippen molar-refractivity contribution in [2.24, 2.45) is 0 Å². The Morgan fingerprint density at radius 1 is 1.62 bits per heavy atom. The highest BCUT2D eigenvalue weighted by molar-refractivity contribution is 5.73. The third-order valence-electron chi connectivity index (χ3n) is 1.60. The van der Waals surface area contributed by atoms with Crippen LogP contribution >= 0.6 is 0 Å². The molecule has 0 fully saturated rings. The molecular weight excluding hydrogens is 168 g/mol. The van der Waals surface area contributed by atoms with Crippen LogP contribution in [0.5, 0.6) is 0 Å². The van der Waals surface area contributed by atoms with Crippen molar-refractivity contribution in [2.75, 3.05) is 13.2 Å². The van der Waals surface area contributed by atoms with E-state index in [0.717, 1.165) is 19.3 Å². The molecule has 0 aliphatic rings. The summed E-state index contributed by atoms with van der Waals surface area (Å²) in [5, 5.41) is 3.99. The van der Waals surface area contributed by atoms with E-state index in [1.54, 1.807) is 17.1 Å². The van der Waals surface area contributed by atoms with Gasteiger partial charge in [-0.2, -0.15) is 5.10 Å². The minimum atomic E-state index is 0.607. The number of carbonyl (C=O) groups is 1. The average molecular weight is 182 g/mol. The van der Waals surface area contributed by atoms with Crippen LogP contribution in [-0.4, -0.2) is 29.3 Å². The van der Waals surface area contributed by atoms with E-state index in [1.165, 1.54) is 0 Å². The number of carbonyl (C=O) groups excluding carboxylic acids is 1. The first kappa shape index (κ1) is 9.92. The summed E-state index contributed by atoms with van der Waals surface area (Å²) < 4.78 is 6.99. The van der Waals surface area contributed by atoms with Gasteiger partial charge in [0.1, 0.15) is 0 Å². The molecule has 0 spiro atoms. The van der Waals surface area contributed by atoms with Crippen LogP contribution in [0, 0.1) is 0 Å². The zero-order chi connectivity index (χ0) is 9.52. The van der Waals surface area contributed by atoms with Gasteiger partial charge in [-0.25, -0.2) is 0 Å². The van der Waals surface area contributed by atoms with Crippen LogP contribution < -0.4 is 0 Å². The van der Waals surface area contributed by atoms with Gasteiger partial charge in [0.15, 0.2) is 6.29 Å². The average Bonchev–Trinajstić information content (AvgIpc) is 2.60. The highest BCUT2D eigenvalue weighted by atomic mass is 16.5. The standard InChI is InChI=1S/C9H14N2O2/c1-2-4-13-5-3-11-7-9(8-12)6-10-11/h6-8H,2-5H2,1H3. The van der Waals surface area contributed by atoms with Crippen molar-refractivity contribution >= 4 is 6.29 Å². The van der Waals surface area contributed by atoms with Crippen LogP contribution in [0.2, 0.25) is 0 Å². The van der Waals surface area contributed by atoms with Crippen LogP contribution in [-0.2, 0) is 11.3 Å². The van der Waals surface area contributed by atoms with Gasteiger partial charge in [-0.3, -0.25) is 9.48 Å². The Balaban J connectivity index is 2.24. The van der Waals surface area contributed by atoms with Gasteiger partial charge < -0.3 is 4.74 Å². The number of rotatable bonds is 6. The molecule has 13 heavy (non-hydrogen) atoms. The van der Waals surface area contributed by atoms with Crippen LogP contribution in [0.3, 0.4) is 0 Å². The maximum atomic E-state index is 10.3. The summed E-state index contributed by atoms with van der Waals surface area (Å²) in [4.78, 5) is 10.3. The molecule has 4 nitrogen and oxygen atoms in total. The smallest absolute Gasteiger partial charge is 0.153 e. The Morgan fingerprint density at radius 3 is 3.08 bits per heavy atom. The minimum absolute atomic E-state index is 0.607. The fourth-order valence-electron chi connectivity index (χ4n) is 0.967. The predicted octanol–water partition coefficient (Wildman–Crippen LogP) is 1.12. The lowest BCUT2D eigenvalue weighted by Crippen LogP contribution is -2.06. The van der Waals surface area contributed by atoms with Crippen molar-refractivity contribution in [3.8, 4) is 0 Å². The van der Waals surface area contributed by atoms with Crippen molar-refractivity contribution in [3.63, 3.8) is 0 Å². The van der Waals surface area contributed by atoms with Gasteiger partial charge in [0, 0.05) is 12.8 Å². The summed E-state index contributed by atoms with van der Waals surface area (Å²) in [6.07, 6.45) is 5.07. The van der Waals surface area contributed by atoms with Gasteiger partial charge in [-0.15, -0.1) is 0 Å². The first-order valence-electron chi connectivity index (χ1n) is 4.42. The van der Waals surface area contributed by atoms with Gasteiger partial charge >= 0.3 is 0 Å². The van der Waals surface area contributed by atoms with Crippen LogP contribution in [0.4, 0.5) is 0 Å². The molecule has 4 heteroatoms. The Kier molecular flexibility index (Phi) is 4.18. The fraction of sp³-hybridized carbons (Fsp3) is 0.556. The number of aromatic nitrogens is 2. The SMILES string of the molecule is CCCOCCn1cc(C=O)cn1. The van der Waals surface area contributed by atoms with E-state index in [9.17, 15) is 4.79 Å². The van der Waals surface area contributed by atoms with Gasteiger partial charge in [-0.05, 0) is 6.42 Å². The van der Waals surface area contributed by atoms with Crippen LogP contribution in [0.1, 0.15) is 23.7 Å². The molecule has 1 aromatic rings. The molecule has 0 radical (unpaired) electrons. The zero-order valence-corrected chi connectivity index (χ0v) is 7.77. The van der Waals surface area contributed by atoms with Gasteiger partial charge in [0.25, 0.3) is 0 Å². The Bertz CT molecular complexity index is 258. The molecule has 0 atom stereocenters. The third kappa shape index (κ3) is 3.38. The molecule has 1 aromatic heterocycles. The summed E-state index contributed by atoms with van der Waals surface area (Å²) >= 11 is 0. The van der Waals surface area contributed by atoms with Crippen molar-refractivity contribution in [3.05, 3.63) is 18.0 Å². The lowest BCUT2D eigenvalue weighted by molar-refractivity contribution is 0.112. The lowest BCUT2D eigenvalue weighted by Gasteiger charge is -2.01. The van der Waals surface area contributed by atoms with Crippen LogP contribution in [0.25, 0.3) is 0 Å². The highest BCUT2D eigenvalue weighted by Gasteiger charge is 1.95. The molecule has 0 N–H and O–H groups in total. The molecule has 0 saturated heterocycles. The molecule has 1 heterocycles. The highest BCUT2D eigenvalue weighted by Crippen LogP contribution is 1.93. The van der Waals surface area contributed by atoms with E-state index >= 15 is 0 Å². The summed E-state index contributed by atoms with van der Waals surface area (Å²) in [7, 11) is 0. The minimum Gasteiger partial charge on any atom is -0.380 e. The monoisotopic (exact) mass is 182 g/mol. The first-order chi connectivity index (χ1) is 6.36. The van der Waals surface area contributed by atoms with Crippen molar-refractivity contribution < 1.29 is 9.53 Å². The van der Waals surface area contributed by atoms with Gasteiger partial charge in [0.05, 0.1) is 24.9 Å². The molecule has 0 aromatic carbocycles. The van der Waals surface area contributed by atoms with E-state index in [0.29, 0.717) is 18.7 Å². The third-order valence-corrected chi connectivity index (χ3v) is 1.60. The summed E-state index contributed by atoms with van der Waals surface area (Å²) in [5.41, 5.74) is 0.607. The van der Waals surface area contributed by atoms with Gasteiger partial charge in [-0.1, -0.05) is 6.92 Å². The molecule has 0 unspecified atom stereocenters.